The first-order valence-electron chi connectivity index (χ1n) is 18.8. The molecule has 0 fully saturated rings. The number of hydrogen-bond donors (Lipinski definition) is 0. The Morgan fingerprint density at radius 3 is 2.04 bits per heavy atom. The molecule has 0 aliphatic heterocycles. The zero-order chi connectivity index (χ0) is 38.1. The molecule has 8 rings (SSSR count). The molecule has 0 N–H and O–H groups in total. The topological polar surface area (TPSA) is 38.9 Å². The van der Waals surface area contributed by atoms with Crippen LogP contribution >= 0.6 is 0 Å². The molecular weight excluding hydrogens is 909 g/mol. The van der Waals surface area contributed by atoms with Crippen LogP contribution in [0.4, 0.5) is 0 Å². The molecule has 0 aliphatic carbocycles. The van der Waals surface area contributed by atoms with Crippen molar-refractivity contribution in [1.29, 1.82) is 0 Å². The van der Waals surface area contributed by atoms with Gasteiger partial charge < -0.3 is 9.40 Å². The maximum absolute atomic E-state index is 6.43. The summed E-state index contributed by atoms with van der Waals surface area (Å²) in [5.41, 5.74) is 17.0. The Labute approximate surface area is 343 Å². The fourth-order valence-electron chi connectivity index (χ4n) is 7.55. The van der Waals surface area contributed by atoms with Crippen LogP contribution < -0.4 is 4.40 Å². The second-order valence-electron chi connectivity index (χ2n) is 15.8. The summed E-state index contributed by atoms with van der Waals surface area (Å²) in [4.78, 5) is 9.31. The Morgan fingerprint density at radius 2 is 1.38 bits per heavy atom. The van der Waals surface area contributed by atoms with E-state index in [0.717, 1.165) is 44.5 Å². The normalized spacial score (nSPS) is 11.4. The largest absolute Gasteiger partial charge is 0.501 e. The van der Waals surface area contributed by atoms with Crippen molar-refractivity contribution in [3.05, 3.63) is 162 Å². The van der Waals surface area contributed by atoms with Crippen LogP contribution in [0.3, 0.4) is 0 Å². The molecule has 8 aromatic rings. The van der Waals surface area contributed by atoms with Crippen molar-refractivity contribution >= 4 is 39.6 Å². The van der Waals surface area contributed by atoms with Gasteiger partial charge in [-0.2, -0.15) is 0 Å². The summed E-state index contributed by atoms with van der Waals surface area (Å²) >= 11 is -1.83. The molecule has 5 heteroatoms. The van der Waals surface area contributed by atoms with Gasteiger partial charge in [0.25, 0.3) is 0 Å². The molecule has 55 heavy (non-hydrogen) atoms. The molecule has 0 bridgehead atoms. The van der Waals surface area contributed by atoms with E-state index in [1.54, 1.807) is 0 Å². The Morgan fingerprint density at radius 1 is 0.655 bits per heavy atom. The third-order valence-electron chi connectivity index (χ3n) is 10.2. The first kappa shape index (κ1) is 40.1. The van der Waals surface area contributed by atoms with Gasteiger partial charge in [0, 0.05) is 31.7 Å². The van der Waals surface area contributed by atoms with Crippen LogP contribution in [0.25, 0.3) is 66.7 Å². The zero-order valence-corrected chi connectivity index (χ0v) is 37.8. The van der Waals surface area contributed by atoms with Gasteiger partial charge in [0.2, 0.25) is 0 Å². The predicted molar refractivity (Wildman–Crippen MR) is 231 cm³/mol. The van der Waals surface area contributed by atoms with Crippen molar-refractivity contribution in [3.63, 3.8) is 0 Å². The molecule has 0 spiro atoms. The minimum absolute atomic E-state index is 0. The molecule has 1 radical (unpaired) electrons. The number of aryl methyl sites for hydroxylation is 4. The Bertz CT molecular complexity index is 2580. The number of rotatable bonds is 6. The van der Waals surface area contributed by atoms with Crippen molar-refractivity contribution in [1.82, 2.24) is 9.97 Å². The second kappa shape index (κ2) is 16.6. The monoisotopic (exact) mass is 959 g/mol. The number of nitrogens with zero attached hydrogens (tertiary/aromatic N) is 2. The van der Waals surface area contributed by atoms with Gasteiger partial charge in [0.15, 0.2) is 0 Å². The second-order valence-corrected chi connectivity index (χ2v) is 26.4. The molecule has 3 aromatic heterocycles. The van der Waals surface area contributed by atoms with Crippen LogP contribution in [0.5, 0.6) is 0 Å². The standard InChI is InChI=1S/C29H26NO.C21H22GeN.Ir/c1-17(2)21-11-12-30-26(15-21)25-8-6-7-24-23-10-9-22(16-27(23)31-29(24)25)28-19(4)13-18(3)14-20(28)5;1-16-14-21(23-15-20(16)22(2,3)4)19-12-10-18(11-13-19)17-8-6-5-7-9-17;/h6-7,9-17H,1-5H3;5-12,14-15H,1-4H3;/q2*-1;. The Hall–Kier alpha value is -4.61. The van der Waals surface area contributed by atoms with Crippen LogP contribution in [0, 0.1) is 39.8 Å². The van der Waals surface area contributed by atoms with E-state index >= 15 is 0 Å². The summed E-state index contributed by atoms with van der Waals surface area (Å²) in [6.45, 7) is 13.1. The molecule has 279 valence electrons. The van der Waals surface area contributed by atoms with E-state index in [0.29, 0.717) is 5.92 Å². The number of hydrogen-bond acceptors (Lipinski definition) is 3. The first-order valence-corrected chi connectivity index (χ1v) is 26.2. The van der Waals surface area contributed by atoms with E-state index in [1.807, 2.05) is 18.3 Å². The van der Waals surface area contributed by atoms with Gasteiger partial charge in [0.1, 0.15) is 5.58 Å². The van der Waals surface area contributed by atoms with Crippen LogP contribution in [0.2, 0.25) is 17.3 Å². The van der Waals surface area contributed by atoms with Gasteiger partial charge in [-0.25, -0.2) is 0 Å². The van der Waals surface area contributed by atoms with E-state index in [4.69, 9.17) is 9.40 Å². The summed E-state index contributed by atoms with van der Waals surface area (Å²) in [7, 11) is 0. The Kier molecular flexibility index (Phi) is 12.1. The molecule has 5 aromatic carbocycles. The molecule has 0 saturated heterocycles. The minimum atomic E-state index is -1.83. The molecule has 0 aliphatic rings. The quantitative estimate of drug-likeness (QED) is 0.123. The Balaban J connectivity index is 0.000000192. The maximum Gasteiger partial charge on any atom is 0.121 e. The van der Waals surface area contributed by atoms with Crippen molar-refractivity contribution in [2.75, 3.05) is 0 Å². The van der Waals surface area contributed by atoms with E-state index in [2.05, 4.69) is 179 Å². The molecule has 3 heterocycles. The zero-order valence-electron chi connectivity index (χ0n) is 33.3. The summed E-state index contributed by atoms with van der Waals surface area (Å²) in [5.74, 6) is 7.67. The summed E-state index contributed by atoms with van der Waals surface area (Å²) < 4.78 is 7.91. The molecule has 0 atom stereocenters. The molecule has 3 nitrogen and oxygen atoms in total. The first-order chi connectivity index (χ1) is 25.9. The van der Waals surface area contributed by atoms with Gasteiger partial charge in [-0.1, -0.05) is 66.3 Å². The molecule has 0 saturated carbocycles. The van der Waals surface area contributed by atoms with Crippen LogP contribution in [0.1, 0.15) is 47.6 Å². The van der Waals surface area contributed by atoms with Gasteiger partial charge in [0.05, 0.1) is 5.58 Å². The predicted octanol–water partition coefficient (Wildman–Crippen LogP) is 13.2. The molecule has 0 amide bonds. The fraction of sp³-hybridized carbons (Fsp3) is 0.200. The van der Waals surface area contributed by atoms with Crippen molar-refractivity contribution in [3.8, 4) is 44.8 Å². The SMILES string of the molecule is Cc1cc(-c2[c-]cc(-c3ccccc3)cc2)nc[c]1[Ge]([CH3])([CH3])[CH3].Cc1cc(C)c(-c2ccc3c(c2)oc2c(-c4cc(C(C)C)ccn4)[c-]ccc23)c(C)c1.[Ir]. The van der Waals surface area contributed by atoms with Gasteiger partial charge in [-0.15, -0.1) is 18.2 Å². The third-order valence-corrected chi connectivity index (χ3v) is 14.7. The van der Waals surface area contributed by atoms with Gasteiger partial charge in [-0.05, 0) is 66.8 Å². The smallest absolute Gasteiger partial charge is 0.121 e. The number of furan rings is 1. The van der Waals surface area contributed by atoms with Gasteiger partial charge >= 0.3 is 142 Å². The average Bonchev–Trinajstić information content (AvgIpc) is 3.53. The molecule has 0 unspecified atom stereocenters. The minimum Gasteiger partial charge on any atom is -0.501 e. The number of benzene rings is 5. The molecular formula is C50H48GeIrN2O-2. The number of pyridine rings is 2. The van der Waals surface area contributed by atoms with Crippen molar-refractivity contribution < 1.29 is 24.5 Å². The average molecular weight is 958 g/mol. The van der Waals surface area contributed by atoms with E-state index < -0.39 is 13.3 Å². The van der Waals surface area contributed by atoms with Crippen molar-refractivity contribution in [2.24, 2.45) is 0 Å². The third kappa shape index (κ3) is 8.63. The van der Waals surface area contributed by atoms with E-state index in [1.165, 1.54) is 54.5 Å². The van der Waals surface area contributed by atoms with E-state index in [-0.39, 0.29) is 20.1 Å². The number of aromatic nitrogens is 2. The van der Waals surface area contributed by atoms with Crippen LogP contribution in [-0.4, -0.2) is 23.2 Å². The van der Waals surface area contributed by atoms with Gasteiger partial charge in [-0.3, -0.25) is 0 Å². The number of fused-ring (bicyclic) bond motifs is 3. The van der Waals surface area contributed by atoms with Crippen LogP contribution in [0.15, 0.2) is 126 Å². The fourth-order valence-corrected chi connectivity index (χ4v) is 11.1. The summed E-state index contributed by atoms with van der Waals surface area (Å²) in [6, 6.07) is 45.0. The summed E-state index contributed by atoms with van der Waals surface area (Å²) in [6.07, 6.45) is 3.96. The summed E-state index contributed by atoms with van der Waals surface area (Å²) in [5, 5.41) is 2.22. The van der Waals surface area contributed by atoms with Crippen LogP contribution in [-0.2, 0) is 20.1 Å². The van der Waals surface area contributed by atoms with Crippen molar-refractivity contribution in [2.45, 2.75) is 64.7 Å². The maximum atomic E-state index is 6.43. The van der Waals surface area contributed by atoms with E-state index in [9.17, 15) is 0 Å².